The van der Waals surface area contributed by atoms with Gasteiger partial charge in [0, 0.05) is 25.2 Å². The van der Waals surface area contributed by atoms with Crippen LogP contribution in [0.4, 0.5) is 4.79 Å². The van der Waals surface area contributed by atoms with Gasteiger partial charge in [-0.15, -0.1) is 5.10 Å². The summed E-state index contributed by atoms with van der Waals surface area (Å²) in [6, 6.07) is 23.6. The average Bonchev–Trinajstić information content (AvgIpc) is 3.39. The SMILES string of the molecule is Cc1nc(C(N)=O)nn1-c1ccc(Cc2ccc(-c3ccc(C(=O)N4CCN(C(=O)O)C(C(C)(C)C)C4)cc3)cc2)cc1. The predicted octanol–water partition coefficient (Wildman–Crippen LogP) is 4.78. The van der Waals surface area contributed by atoms with Crippen LogP contribution in [0, 0.1) is 12.3 Å². The fourth-order valence-electron chi connectivity index (χ4n) is 5.47. The molecule has 1 aromatic heterocycles. The molecule has 0 bridgehead atoms. The smallest absolute Gasteiger partial charge is 0.407 e. The summed E-state index contributed by atoms with van der Waals surface area (Å²) in [5.74, 6) is -0.163. The largest absolute Gasteiger partial charge is 0.465 e. The Kier molecular flexibility index (Phi) is 8.04. The van der Waals surface area contributed by atoms with E-state index in [1.807, 2.05) is 69.3 Å². The molecule has 0 radical (unpaired) electrons. The minimum atomic E-state index is -0.945. The molecule has 5 rings (SSSR count). The zero-order valence-electron chi connectivity index (χ0n) is 24.8. The van der Waals surface area contributed by atoms with Gasteiger partial charge in [-0.2, -0.15) is 0 Å². The molecule has 3 aromatic carbocycles. The number of carboxylic acid groups (broad SMARTS) is 1. The molecule has 10 nitrogen and oxygen atoms in total. The molecule has 1 aliphatic rings. The molecule has 0 aliphatic carbocycles. The van der Waals surface area contributed by atoms with Crippen LogP contribution >= 0.6 is 0 Å². The van der Waals surface area contributed by atoms with Gasteiger partial charge in [0.2, 0.25) is 5.82 Å². The normalized spacial score (nSPS) is 15.4. The van der Waals surface area contributed by atoms with Gasteiger partial charge in [-0.1, -0.05) is 69.3 Å². The average molecular weight is 581 g/mol. The number of rotatable bonds is 6. The highest BCUT2D eigenvalue weighted by molar-refractivity contribution is 5.95. The fourth-order valence-corrected chi connectivity index (χ4v) is 5.47. The summed E-state index contributed by atoms with van der Waals surface area (Å²) in [7, 11) is 0. The number of amides is 3. The first-order valence-electron chi connectivity index (χ1n) is 14.2. The van der Waals surface area contributed by atoms with Crippen molar-refractivity contribution in [1.29, 1.82) is 0 Å². The van der Waals surface area contributed by atoms with Gasteiger partial charge >= 0.3 is 6.09 Å². The van der Waals surface area contributed by atoms with E-state index in [0.717, 1.165) is 34.4 Å². The fraction of sp³-hybridized carbons (Fsp3) is 0.303. The maximum Gasteiger partial charge on any atom is 0.407 e. The van der Waals surface area contributed by atoms with Crippen LogP contribution in [0.15, 0.2) is 72.8 Å². The van der Waals surface area contributed by atoms with Gasteiger partial charge in [-0.05, 0) is 65.3 Å². The topological polar surface area (TPSA) is 135 Å². The monoisotopic (exact) mass is 580 g/mol. The Bertz CT molecular complexity index is 1640. The minimum absolute atomic E-state index is 0.00631. The number of primary amides is 1. The summed E-state index contributed by atoms with van der Waals surface area (Å²) < 4.78 is 1.60. The quantitative estimate of drug-likeness (QED) is 0.337. The number of aromatic nitrogens is 3. The Balaban J connectivity index is 1.22. The molecule has 0 spiro atoms. The number of carbonyl (C=O) groups is 3. The maximum absolute atomic E-state index is 13.3. The van der Waals surface area contributed by atoms with E-state index in [-0.39, 0.29) is 23.2 Å². The lowest BCUT2D eigenvalue weighted by Crippen LogP contribution is -2.60. The first-order chi connectivity index (χ1) is 20.4. The lowest BCUT2D eigenvalue weighted by molar-refractivity contribution is 0.0198. The maximum atomic E-state index is 13.3. The number of hydrogen-bond acceptors (Lipinski definition) is 5. The first-order valence-corrected chi connectivity index (χ1v) is 14.2. The van der Waals surface area contributed by atoms with Crippen LogP contribution in [0.3, 0.4) is 0 Å². The Hall–Kier alpha value is -4.99. The van der Waals surface area contributed by atoms with Crippen LogP contribution < -0.4 is 5.73 Å². The molecular formula is C33H36N6O4. The van der Waals surface area contributed by atoms with E-state index in [1.165, 1.54) is 4.90 Å². The van der Waals surface area contributed by atoms with E-state index in [0.29, 0.717) is 31.0 Å². The number of nitrogens with two attached hydrogens (primary N) is 1. The number of aryl methyl sites for hydroxylation is 1. The van der Waals surface area contributed by atoms with Crippen molar-refractivity contribution in [1.82, 2.24) is 24.6 Å². The summed E-state index contributed by atoms with van der Waals surface area (Å²) in [6.45, 7) is 8.83. The number of carbonyl (C=O) groups excluding carboxylic acids is 2. The minimum Gasteiger partial charge on any atom is -0.465 e. The van der Waals surface area contributed by atoms with Gasteiger partial charge in [0.1, 0.15) is 5.82 Å². The van der Waals surface area contributed by atoms with Gasteiger partial charge in [-0.3, -0.25) is 9.59 Å². The van der Waals surface area contributed by atoms with Crippen molar-refractivity contribution in [2.75, 3.05) is 19.6 Å². The van der Waals surface area contributed by atoms with Gasteiger partial charge in [0.15, 0.2) is 0 Å². The number of hydrogen-bond donors (Lipinski definition) is 2. The third-order valence-corrected chi connectivity index (χ3v) is 7.91. The van der Waals surface area contributed by atoms with E-state index in [9.17, 15) is 19.5 Å². The summed E-state index contributed by atoms with van der Waals surface area (Å²) >= 11 is 0. The van der Waals surface area contributed by atoms with Gasteiger partial charge in [0.05, 0.1) is 11.7 Å². The van der Waals surface area contributed by atoms with Gasteiger partial charge in [-0.25, -0.2) is 14.5 Å². The van der Waals surface area contributed by atoms with E-state index in [4.69, 9.17) is 5.73 Å². The Morgan fingerprint density at radius 3 is 1.95 bits per heavy atom. The lowest BCUT2D eigenvalue weighted by atomic mass is 9.84. The van der Waals surface area contributed by atoms with Crippen LogP contribution in [0.1, 0.15) is 58.7 Å². The Labute approximate surface area is 250 Å². The molecule has 1 atom stereocenters. The third kappa shape index (κ3) is 6.43. The highest BCUT2D eigenvalue weighted by Crippen LogP contribution is 2.29. The summed E-state index contributed by atoms with van der Waals surface area (Å²) in [5.41, 5.74) is 10.7. The van der Waals surface area contributed by atoms with E-state index < -0.39 is 12.0 Å². The standard InChI is InChI=1S/C33H36N6O4/c1-21-35-30(29(34)40)36-39(21)27-15-7-23(8-16-27)19-22-5-9-24(10-6-22)25-11-13-26(14-12-25)31(41)37-17-18-38(32(42)43)28(20-37)33(2,3)4/h5-16,28H,17-20H2,1-4H3,(H2,34,40)(H,42,43). The van der Waals surface area contributed by atoms with Crippen LogP contribution in [0.5, 0.6) is 0 Å². The van der Waals surface area contributed by atoms with Crippen molar-refractivity contribution >= 4 is 17.9 Å². The molecule has 222 valence electrons. The molecule has 2 heterocycles. The Morgan fingerprint density at radius 1 is 0.884 bits per heavy atom. The molecule has 10 heteroatoms. The predicted molar refractivity (Wildman–Crippen MR) is 163 cm³/mol. The highest BCUT2D eigenvalue weighted by Gasteiger charge is 2.39. The van der Waals surface area contributed by atoms with Crippen molar-refractivity contribution in [2.45, 2.75) is 40.2 Å². The summed E-state index contributed by atoms with van der Waals surface area (Å²) in [5, 5.41) is 13.8. The number of piperazine rings is 1. The molecule has 1 saturated heterocycles. The molecule has 3 N–H and O–H groups in total. The highest BCUT2D eigenvalue weighted by atomic mass is 16.4. The van der Waals surface area contributed by atoms with Crippen molar-refractivity contribution in [3.8, 4) is 16.8 Å². The molecular weight excluding hydrogens is 544 g/mol. The third-order valence-electron chi connectivity index (χ3n) is 7.91. The molecule has 0 saturated carbocycles. The van der Waals surface area contributed by atoms with Gasteiger partial charge < -0.3 is 20.6 Å². The van der Waals surface area contributed by atoms with Crippen LogP contribution in [-0.2, 0) is 6.42 Å². The van der Waals surface area contributed by atoms with E-state index >= 15 is 0 Å². The van der Waals surface area contributed by atoms with Crippen LogP contribution in [0.25, 0.3) is 16.8 Å². The van der Waals surface area contributed by atoms with E-state index in [2.05, 4.69) is 34.3 Å². The number of nitrogens with zero attached hydrogens (tertiary/aromatic N) is 5. The molecule has 1 fully saturated rings. The molecule has 1 aliphatic heterocycles. The lowest BCUT2D eigenvalue weighted by Gasteiger charge is -2.45. The van der Waals surface area contributed by atoms with Crippen molar-refractivity contribution < 1.29 is 19.5 Å². The first kappa shape index (κ1) is 29.5. The van der Waals surface area contributed by atoms with Crippen LogP contribution in [0.2, 0.25) is 0 Å². The summed E-state index contributed by atoms with van der Waals surface area (Å²) in [4.78, 5) is 43.7. The number of benzene rings is 3. The zero-order valence-corrected chi connectivity index (χ0v) is 24.8. The second-order valence-electron chi connectivity index (χ2n) is 12.0. The Morgan fingerprint density at radius 2 is 1.44 bits per heavy atom. The van der Waals surface area contributed by atoms with Crippen molar-refractivity contribution in [3.05, 3.63) is 101 Å². The zero-order chi connectivity index (χ0) is 30.9. The molecule has 1 unspecified atom stereocenters. The van der Waals surface area contributed by atoms with E-state index in [1.54, 1.807) is 16.5 Å². The van der Waals surface area contributed by atoms with Crippen LogP contribution in [-0.4, -0.2) is 73.3 Å². The second-order valence-corrected chi connectivity index (χ2v) is 12.0. The van der Waals surface area contributed by atoms with Crippen molar-refractivity contribution in [2.24, 2.45) is 11.1 Å². The van der Waals surface area contributed by atoms with Gasteiger partial charge in [0.25, 0.3) is 11.8 Å². The van der Waals surface area contributed by atoms with Crippen molar-refractivity contribution in [3.63, 3.8) is 0 Å². The second kappa shape index (κ2) is 11.7. The molecule has 43 heavy (non-hydrogen) atoms. The molecule has 3 amide bonds. The summed E-state index contributed by atoms with van der Waals surface area (Å²) in [6.07, 6.45) is -0.193. The molecule has 4 aromatic rings.